The normalized spacial score (nSPS) is 22.5. The van der Waals surface area contributed by atoms with Gasteiger partial charge < -0.3 is 4.90 Å². The predicted molar refractivity (Wildman–Crippen MR) is 84.7 cm³/mol. The first-order valence-corrected chi connectivity index (χ1v) is 8.17. The van der Waals surface area contributed by atoms with E-state index in [1.807, 2.05) is 18.5 Å². The highest BCUT2D eigenvalue weighted by Gasteiger charge is 2.25. The number of nitrogens with one attached hydrogen (secondary N) is 1. The van der Waals surface area contributed by atoms with Gasteiger partial charge >= 0.3 is 0 Å². The second-order valence-electron chi connectivity index (χ2n) is 6.27. The van der Waals surface area contributed by atoms with Crippen LogP contribution in [0.3, 0.4) is 0 Å². The zero-order chi connectivity index (χ0) is 14.8. The van der Waals surface area contributed by atoms with E-state index in [1.165, 1.54) is 25.0 Å². The van der Waals surface area contributed by atoms with Crippen LogP contribution in [0.15, 0.2) is 24.5 Å². The third kappa shape index (κ3) is 2.83. The Labute approximate surface area is 130 Å². The predicted octanol–water partition coefficient (Wildman–Crippen LogP) is 1.79. The molecular formula is C16H22N6. The van der Waals surface area contributed by atoms with E-state index in [4.69, 9.17) is 4.98 Å². The van der Waals surface area contributed by atoms with Gasteiger partial charge in [-0.05, 0) is 37.9 Å². The molecule has 4 rings (SSSR count). The van der Waals surface area contributed by atoms with Crippen LogP contribution in [0.1, 0.15) is 36.6 Å². The standard InChI is InChI=1S/C16H22N6/c1-2-9-22(8-1)16-17-6-3-14(19-16)12-21-10-5-13(11-21)15-4-7-18-20-15/h3-4,6-7,13H,1-2,5,8-12H2,(H,18,20)/t13-/m1/s1. The number of anilines is 1. The highest BCUT2D eigenvalue weighted by atomic mass is 15.3. The van der Waals surface area contributed by atoms with Gasteiger partial charge in [0.05, 0.1) is 5.69 Å². The number of aromatic nitrogens is 4. The molecule has 2 aliphatic heterocycles. The first-order valence-electron chi connectivity index (χ1n) is 8.17. The Morgan fingerprint density at radius 3 is 2.86 bits per heavy atom. The maximum atomic E-state index is 4.76. The smallest absolute Gasteiger partial charge is 0.225 e. The summed E-state index contributed by atoms with van der Waals surface area (Å²) in [5, 5.41) is 7.16. The second kappa shape index (κ2) is 6.04. The fourth-order valence-electron chi connectivity index (χ4n) is 3.50. The van der Waals surface area contributed by atoms with Crippen LogP contribution in [0.4, 0.5) is 5.95 Å². The van der Waals surface area contributed by atoms with E-state index in [0.717, 1.165) is 44.4 Å². The minimum absolute atomic E-state index is 0.572. The summed E-state index contributed by atoms with van der Waals surface area (Å²) in [7, 11) is 0. The molecule has 2 saturated heterocycles. The Balaban J connectivity index is 1.40. The number of aromatic amines is 1. The molecule has 6 nitrogen and oxygen atoms in total. The van der Waals surface area contributed by atoms with Gasteiger partial charge in [-0.25, -0.2) is 9.97 Å². The number of likely N-dealkylation sites (tertiary alicyclic amines) is 1. The van der Waals surface area contributed by atoms with Crippen LogP contribution in [0.25, 0.3) is 0 Å². The van der Waals surface area contributed by atoms with Crippen LogP contribution in [0.5, 0.6) is 0 Å². The van der Waals surface area contributed by atoms with Gasteiger partial charge in [-0.2, -0.15) is 5.10 Å². The van der Waals surface area contributed by atoms with Gasteiger partial charge in [0.15, 0.2) is 0 Å². The molecule has 6 heteroatoms. The van der Waals surface area contributed by atoms with E-state index in [9.17, 15) is 0 Å². The lowest BCUT2D eigenvalue weighted by atomic mass is 10.1. The summed E-state index contributed by atoms with van der Waals surface area (Å²) >= 11 is 0. The van der Waals surface area contributed by atoms with Crippen molar-refractivity contribution in [1.82, 2.24) is 25.1 Å². The Hall–Kier alpha value is -1.95. The van der Waals surface area contributed by atoms with Crippen molar-refractivity contribution in [3.63, 3.8) is 0 Å². The highest BCUT2D eigenvalue weighted by molar-refractivity contribution is 5.31. The van der Waals surface area contributed by atoms with Crippen molar-refractivity contribution in [2.24, 2.45) is 0 Å². The largest absolute Gasteiger partial charge is 0.341 e. The molecule has 0 radical (unpaired) electrons. The molecular weight excluding hydrogens is 276 g/mol. The van der Waals surface area contributed by atoms with Crippen molar-refractivity contribution < 1.29 is 0 Å². The van der Waals surface area contributed by atoms with Gasteiger partial charge in [-0.15, -0.1) is 0 Å². The lowest BCUT2D eigenvalue weighted by Crippen LogP contribution is -2.23. The third-order valence-corrected chi connectivity index (χ3v) is 4.71. The molecule has 0 spiro atoms. The van der Waals surface area contributed by atoms with Gasteiger partial charge in [0, 0.05) is 50.2 Å². The summed E-state index contributed by atoms with van der Waals surface area (Å²) in [6, 6.07) is 4.13. The number of hydrogen-bond donors (Lipinski definition) is 1. The first kappa shape index (κ1) is 13.7. The van der Waals surface area contributed by atoms with Gasteiger partial charge in [0.1, 0.15) is 0 Å². The van der Waals surface area contributed by atoms with Crippen LogP contribution in [-0.4, -0.2) is 51.2 Å². The SMILES string of the molecule is c1cc([C@@H]2CCN(Cc3ccnc(N4CCCC4)n3)C2)[nH]n1. The van der Waals surface area contributed by atoms with Crippen molar-refractivity contribution in [1.29, 1.82) is 0 Å². The lowest BCUT2D eigenvalue weighted by molar-refractivity contribution is 0.322. The number of H-pyrrole nitrogens is 1. The topological polar surface area (TPSA) is 60.9 Å². The Bertz CT molecular complexity index is 605. The zero-order valence-electron chi connectivity index (χ0n) is 12.8. The van der Waals surface area contributed by atoms with Crippen molar-refractivity contribution >= 4 is 5.95 Å². The number of hydrogen-bond acceptors (Lipinski definition) is 5. The summed E-state index contributed by atoms with van der Waals surface area (Å²) in [4.78, 5) is 14.0. The molecule has 2 aromatic rings. The summed E-state index contributed by atoms with van der Waals surface area (Å²) in [5.41, 5.74) is 2.38. The molecule has 0 aromatic carbocycles. The number of nitrogens with zero attached hydrogens (tertiary/aromatic N) is 5. The van der Waals surface area contributed by atoms with Crippen molar-refractivity contribution in [3.05, 3.63) is 35.9 Å². The van der Waals surface area contributed by atoms with Crippen LogP contribution in [-0.2, 0) is 6.54 Å². The molecule has 1 N–H and O–H groups in total. The Kier molecular flexibility index (Phi) is 3.76. The molecule has 2 aromatic heterocycles. The highest BCUT2D eigenvalue weighted by Crippen LogP contribution is 2.26. The van der Waals surface area contributed by atoms with Gasteiger partial charge in [-0.3, -0.25) is 10.00 Å². The lowest BCUT2D eigenvalue weighted by Gasteiger charge is -2.18. The monoisotopic (exact) mass is 298 g/mol. The average Bonchev–Trinajstić information content (AvgIpc) is 3.29. The van der Waals surface area contributed by atoms with Crippen LogP contribution >= 0.6 is 0 Å². The second-order valence-corrected chi connectivity index (χ2v) is 6.27. The number of rotatable bonds is 4. The van der Waals surface area contributed by atoms with Crippen LogP contribution in [0, 0.1) is 0 Å². The summed E-state index contributed by atoms with van der Waals surface area (Å²) in [6.45, 7) is 5.29. The molecule has 116 valence electrons. The fraction of sp³-hybridized carbons (Fsp3) is 0.562. The van der Waals surface area contributed by atoms with Crippen LogP contribution < -0.4 is 4.90 Å². The zero-order valence-corrected chi connectivity index (χ0v) is 12.8. The molecule has 0 aliphatic carbocycles. The quantitative estimate of drug-likeness (QED) is 0.932. The van der Waals surface area contributed by atoms with Crippen molar-refractivity contribution in [2.45, 2.75) is 31.7 Å². The summed E-state index contributed by atoms with van der Waals surface area (Å²) < 4.78 is 0. The first-order chi connectivity index (χ1) is 10.9. The molecule has 2 aliphatic rings. The maximum Gasteiger partial charge on any atom is 0.225 e. The maximum absolute atomic E-state index is 4.76. The van der Waals surface area contributed by atoms with E-state index in [-0.39, 0.29) is 0 Å². The van der Waals surface area contributed by atoms with E-state index >= 15 is 0 Å². The van der Waals surface area contributed by atoms with Gasteiger partial charge in [0.2, 0.25) is 5.95 Å². The van der Waals surface area contributed by atoms with Gasteiger partial charge in [0.25, 0.3) is 0 Å². The molecule has 0 saturated carbocycles. The van der Waals surface area contributed by atoms with Gasteiger partial charge in [-0.1, -0.05) is 0 Å². The van der Waals surface area contributed by atoms with E-state index in [0.29, 0.717) is 5.92 Å². The molecule has 2 fully saturated rings. The minimum atomic E-state index is 0.572. The van der Waals surface area contributed by atoms with Crippen LogP contribution in [0.2, 0.25) is 0 Å². The summed E-state index contributed by atoms with van der Waals surface area (Å²) in [6.07, 6.45) is 7.44. The molecule has 0 bridgehead atoms. The molecule has 4 heterocycles. The van der Waals surface area contributed by atoms with E-state index < -0.39 is 0 Å². The molecule has 0 unspecified atom stereocenters. The Morgan fingerprint density at radius 1 is 1.14 bits per heavy atom. The van der Waals surface area contributed by atoms with Crippen molar-refractivity contribution in [2.75, 3.05) is 31.1 Å². The molecule has 22 heavy (non-hydrogen) atoms. The Morgan fingerprint density at radius 2 is 2.05 bits per heavy atom. The summed E-state index contributed by atoms with van der Waals surface area (Å²) in [5.74, 6) is 1.47. The van der Waals surface area contributed by atoms with E-state index in [1.54, 1.807) is 0 Å². The van der Waals surface area contributed by atoms with Crippen molar-refractivity contribution in [3.8, 4) is 0 Å². The minimum Gasteiger partial charge on any atom is -0.341 e. The average molecular weight is 298 g/mol. The fourth-order valence-corrected chi connectivity index (χ4v) is 3.50. The third-order valence-electron chi connectivity index (χ3n) is 4.71. The molecule has 1 atom stereocenters. The van der Waals surface area contributed by atoms with E-state index in [2.05, 4.69) is 31.0 Å². The molecule has 0 amide bonds.